The van der Waals surface area contributed by atoms with Crippen LogP contribution >= 0.6 is 0 Å². The number of ether oxygens (including phenoxy) is 3. The quantitative estimate of drug-likeness (QED) is 0.840. The molecule has 24 heavy (non-hydrogen) atoms. The van der Waals surface area contributed by atoms with Crippen molar-refractivity contribution in [2.45, 2.75) is 38.7 Å². The summed E-state index contributed by atoms with van der Waals surface area (Å²) in [6.45, 7) is 7.17. The third kappa shape index (κ3) is 3.23. The summed E-state index contributed by atoms with van der Waals surface area (Å²) in [6.07, 6.45) is 3.22. The van der Waals surface area contributed by atoms with Crippen LogP contribution < -0.4 is 9.47 Å². The molecular formula is C19H27NO4. The number of aliphatic hydroxyl groups is 1. The van der Waals surface area contributed by atoms with Crippen LogP contribution in [0.4, 0.5) is 0 Å². The fourth-order valence-electron chi connectivity index (χ4n) is 3.70. The molecule has 1 aromatic carbocycles. The summed E-state index contributed by atoms with van der Waals surface area (Å²) in [5, 5.41) is 10.9. The van der Waals surface area contributed by atoms with Gasteiger partial charge in [0, 0.05) is 19.0 Å². The Morgan fingerprint density at radius 1 is 1.42 bits per heavy atom. The van der Waals surface area contributed by atoms with E-state index >= 15 is 0 Å². The monoisotopic (exact) mass is 333 g/mol. The van der Waals surface area contributed by atoms with Gasteiger partial charge in [0.05, 0.1) is 7.11 Å². The first-order valence-corrected chi connectivity index (χ1v) is 8.71. The highest BCUT2D eigenvalue weighted by Gasteiger charge is 2.33. The Kier molecular flexibility index (Phi) is 5.31. The van der Waals surface area contributed by atoms with Gasteiger partial charge in [0.1, 0.15) is 11.9 Å². The smallest absolute Gasteiger partial charge is 0.231 e. The van der Waals surface area contributed by atoms with Crippen molar-refractivity contribution in [1.29, 1.82) is 0 Å². The van der Waals surface area contributed by atoms with E-state index in [-0.39, 0.29) is 12.7 Å². The van der Waals surface area contributed by atoms with E-state index in [1.165, 1.54) is 5.56 Å². The first kappa shape index (κ1) is 17.1. The lowest BCUT2D eigenvalue weighted by Gasteiger charge is -2.29. The molecule has 0 saturated heterocycles. The molecule has 0 aromatic heterocycles. The van der Waals surface area contributed by atoms with Gasteiger partial charge in [0.25, 0.3) is 0 Å². The van der Waals surface area contributed by atoms with Crippen molar-refractivity contribution < 1.29 is 19.3 Å². The van der Waals surface area contributed by atoms with Gasteiger partial charge in [-0.2, -0.15) is 0 Å². The molecular weight excluding hydrogens is 306 g/mol. The number of hydrogen-bond donors (Lipinski definition) is 1. The highest BCUT2D eigenvalue weighted by Crippen LogP contribution is 2.40. The maximum Gasteiger partial charge on any atom is 0.231 e. The van der Waals surface area contributed by atoms with Gasteiger partial charge < -0.3 is 24.2 Å². The molecule has 0 bridgehead atoms. The predicted molar refractivity (Wildman–Crippen MR) is 92.5 cm³/mol. The molecule has 5 nitrogen and oxygen atoms in total. The Labute approximate surface area is 143 Å². The third-order valence-corrected chi connectivity index (χ3v) is 4.92. The number of allylic oxidation sites excluding steroid dienone is 1. The zero-order valence-electron chi connectivity index (χ0n) is 14.7. The summed E-state index contributed by atoms with van der Waals surface area (Å²) in [5.41, 5.74) is 2.37. The molecule has 0 radical (unpaired) electrons. The number of nitrogens with zero attached hydrogens (tertiary/aromatic N) is 1. The second kappa shape index (κ2) is 7.45. The number of aliphatic hydroxyl groups excluding tert-OH is 1. The lowest BCUT2D eigenvalue weighted by Crippen LogP contribution is -2.34. The molecule has 0 spiro atoms. The van der Waals surface area contributed by atoms with E-state index in [2.05, 4.69) is 17.9 Å². The van der Waals surface area contributed by atoms with Gasteiger partial charge in [-0.05, 0) is 55.6 Å². The summed E-state index contributed by atoms with van der Waals surface area (Å²) >= 11 is 0. The van der Waals surface area contributed by atoms with E-state index < -0.39 is 6.10 Å². The van der Waals surface area contributed by atoms with E-state index in [0.717, 1.165) is 49.5 Å². The molecule has 0 fully saturated rings. The summed E-state index contributed by atoms with van der Waals surface area (Å²) in [4.78, 5) is 2.42. The van der Waals surface area contributed by atoms with Crippen molar-refractivity contribution in [2.75, 3.05) is 33.5 Å². The first-order valence-electron chi connectivity index (χ1n) is 8.71. The Bertz CT molecular complexity index is 614. The van der Waals surface area contributed by atoms with Crippen molar-refractivity contribution >= 4 is 0 Å². The molecule has 5 heteroatoms. The summed E-state index contributed by atoms with van der Waals surface area (Å²) in [5.74, 6) is 2.15. The molecule has 1 aromatic rings. The highest BCUT2D eigenvalue weighted by molar-refractivity contribution is 5.51. The van der Waals surface area contributed by atoms with Crippen LogP contribution in [-0.2, 0) is 11.2 Å². The largest absolute Gasteiger partial charge is 0.499 e. The normalized spacial score (nSPS) is 22.0. The molecule has 2 heterocycles. The summed E-state index contributed by atoms with van der Waals surface area (Å²) in [7, 11) is 1.61. The van der Waals surface area contributed by atoms with Gasteiger partial charge >= 0.3 is 0 Å². The maximum atomic E-state index is 10.9. The Morgan fingerprint density at radius 2 is 2.17 bits per heavy atom. The van der Waals surface area contributed by atoms with Gasteiger partial charge in [-0.15, -0.1) is 0 Å². The number of benzene rings is 1. The average molecular weight is 333 g/mol. The fraction of sp³-hybridized carbons (Fsp3) is 0.579. The van der Waals surface area contributed by atoms with E-state index in [1.807, 2.05) is 19.1 Å². The average Bonchev–Trinajstić information content (AvgIpc) is 2.97. The second-order valence-electron chi connectivity index (χ2n) is 6.40. The number of rotatable bonds is 5. The zero-order chi connectivity index (χ0) is 17.1. The molecule has 2 atom stereocenters. The van der Waals surface area contributed by atoms with Crippen molar-refractivity contribution in [2.24, 2.45) is 0 Å². The topological polar surface area (TPSA) is 51.2 Å². The molecule has 0 aliphatic carbocycles. The molecule has 2 aliphatic rings. The van der Waals surface area contributed by atoms with Crippen LogP contribution in [0.25, 0.3) is 0 Å². The van der Waals surface area contributed by atoms with Gasteiger partial charge in [-0.25, -0.2) is 0 Å². The van der Waals surface area contributed by atoms with Crippen LogP contribution in [0.1, 0.15) is 37.3 Å². The minimum Gasteiger partial charge on any atom is -0.499 e. The van der Waals surface area contributed by atoms with Crippen LogP contribution in [0, 0.1) is 0 Å². The number of fused-ring (bicyclic) bond motifs is 2. The highest BCUT2D eigenvalue weighted by atomic mass is 16.7. The molecule has 0 amide bonds. The standard InChI is InChI=1S/C19H27NO4/c1-4-7-20-8-6-13-9-17-18(24-12-23-17)10-14(13)15(11-20)19(21)16(5-2)22-3/h5,9-10,15,19,21H,4,6-8,11-12H2,1-3H3/b16-5+/t15-,19+/m1/s1. The molecule has 0 unspecified atom stereocenters. The van der Waals surface area contributed by atoms with Crippen LogP contribution in [-0.4, -0.2) is 49.6 Å². The molecule has 2 aliphatic heterocycles. The minimum absolute atomic E-state index is 0.0466. The molecule has 3 rings (SSSR count). The van der Waals surface area contributed by atoms with Crippen molar-refractivity contribution in [3.8, 4) is 11.5 Å². The van der Waals surface area contributed by atoms with Crippen molar-refractivity contribution in [1.82, 2.24) is 4.90 Å². The Morgan fingerprint density at radius 3 is 2.83 bits per heavy atom. The van der Waals surface area contributed by atoms with Crippen LogP contribution in [0.3, 0.4) is 0 Å². The first-order chi connectivity index (χ1) is 11.7. The van der Waals surface area contributed by atoms with Gasteiger partial charge in [0.15, 0.2) is 11.5 Å². The van der Waals surface area contributed by atoms with Crippen LogP contribution in [0.15, 0.2) is 24.0 Å². The number of methoxy groups -OCH3 is 1. The summed E-state index contributed by atoms with van der Waals surface area (Å²) < 4.78 is 16.5. The lowest BCUT2D eigenvalue weighted by molar-refractivity contribution is 0.0909. The van der Waals surface area contributed by atoms with E-state index in [0.29, 0.717) is 5.76 Å². The third-order valence-electron chi connectivity index (χ3n) is 4.92. The van der Waals surface area contributed by atoms with Gasteiger partial charge in [-0.3, -0.25) is 0 Å². The minimum atomic E-state index is -0.670. The maximum absolute atomic E-state index is 10.9. The Hall–Kier alpha value is -1.72. The Balaban J connectivity index is 1.99. The van der Waals surface area contributed by atoms with Crippen LogP contribution in [0.2, 0.25) is 0 Å². The lowest BCUT2D eigenvalue weighted by atomic mass is 9.88. The molecule has 0 saturated carbocycles. The van der Waals surface area contributed by atoms with E-state index in [9.17, 15) is 5.11 Å². The van der Waals surface area contributed by atoms with Crippen molar-refractivity contribution in [3.05, 3.63) is 35.1 Å². The second-order valence-corrected chi connectivity index (χ2v) is 6.40. The fourth-order valence-corrected chi connectivity index (χ4v) is 3.70. The number of hydrogen-bond acceptors (Lipinski definition) is 5. The predicted octanol–water partition coefficient (Wildman–Crippen LogP) is 2.68. The zero-order valence-corrected chi connectivity index (χ0v) is 14.7. The van der Waals surface area contributed by atoms with Crippen LogP contribution in [0.5, 0.6) is 11.5 Å². The van der Waals surface area contributed by atoms with E-state index in [4.69, 9.17) is 14.2 Å². The molecule has 1 N–H and O–H groups in total. The van der Waals surface area contributed by atoms with Crippen molar-refractivity contribution in [3.63, 3.8) is 0 Å². The SMILES string of the molecule is C/C=C(/OC)[C@@H](O)[C@@H]1CN(CCC)CCc2cc3c(cc21)OCO3. The molecule has 132 valence electrons. The van der Waals surface area contributed by atoms with E-state index in [1.54, 1.807) is 7.11 Å². The summed E-state index contributed by atoms with van der Waals surface area (Å²) in [6, 6.07) is 4.12. The van der Waals surface area contributed by atoms with Gasteiger partial charge in [0.2, 0.25) is 6.79 Å². The van der Waals surface area contributed by atoms with Gasteiger partial charge in [-0.1, -0.05) is 6.92 Å².